The normalized spacial score (nSPS) is 17.9. The summed E-state index contributed by atoms with van der Waals surface area (Å²) in [5, 5.41) is 11.9. The molecule has 1 fully saturated rings. The van der Waals surface area contributed by atoms with Gasteiger partial charge < -0.3 is 20.1 Å². The van der Waals surface area contributed by atoms with Gasteiger partial charge in [0.15, 0.2) is 0 Å². The highest BCUT2D eigenvalue weighted by Crippen LogP contribution is 2.44. The summed E-state index contributed by atoms with van der Waals surface area (Å²) < 4.78 is 5.61. The van der Waals surface area contributed by atoms with Crippen molar-refractivity contribution in [1.82, 2.24) is 10.2 Å². The van der Waals surface area contributed by atoms with Crippen LogP contribution in [0.15, 0.2) is 48.5 Å². The van der Waals surface area contributed by atoms with E-state index in [1.807, 2.05) is 31.2 Å². The molecule has 0 saturated carbocycles. The number of carboxylic acid groups (broad SMARTS) is 1. The van der Waals surface area contributed by atoms with E-state index in [9.17, 15) is 14.4 Å². The molecule has 1 aliphatic heterocycles. The number of hydrogen-bond donors (Lipinski definition) is 2. The van der Waals surface area contributed by atoms with Crippen LogP contribution >= 0.6 is 0 Å². The Morgan fingerprint density at radius 1 is 1.09 bits per heavy atom. The summed E-state index contributed by atoms with van der Waals surface area (Å²) in [5.41, 5.74) is 4.71. The summed E-state index contributed by atoms with van der Waals surface area (Å²) in [6, 6.07) is 16.4. The van der Waals surface area contributed by atoms with E-state index < -0.39 is 12.1 Å². The van der Waals surface area contributed by atoms with E-state index >= 15 is 0 Å². The smallest absolute Gasteiger partial charge is 0.407 e. The molecule has 35 heavy (non-hydrogen) atoms. The third-order valence-corrected chi connectivity index (χ3v) is 7.25. The van der Waals surface area contributed by atoms with E-state index in [4.69, 9.17) is 9.84 Å². The zero-order chi connectivity index (χ0) is 24.8. The number of benzene rings is 2. The SMILES string of the molecule is CCC(CNC(=O)OCC1c2ccccc2-c2ccccc21)CC(=O)N1CCCC(CC(=O)O)C1. The topological polar surface area (TPSA) is 95.9 Å². The Bertz CT molecular complexity index is 1020. The minimum Gasteiger partial charge on any atom is -0.481 e. The highest BCUT2D eigenvalue weighted by atomic mass is 16.5. The van der Waals surface area contributed by atoms with E-state index in [-0.39, 0.29) is 36.7 Å². The number of nitrogens with one attached hydrogen (secondary N) is 1. The number of rotatable bonds is 9. The second kappa shape index (κ2) is 11.4. The summed E-state index contributed by atoms with van der Waals surface area (Å²) >= 11 is 0. The van der Waals surface area contributed by atoms with Crippen LogP contribution in [0.1, 0.15) is 56.1 Å². The number of carbonyl (C=O) groups is 3. The van der Waals surface area contributed by atoms with Crippen LogP contribution in [0.3, 0.4) is 0 Å². The molecule has 2 unspecified atom stereocenters. The van der Waals surface area contributed by atoms with Crippen LogP contribution in [0.25, 0.3) is 11.1 Å². The lowest BCUT2D eigenvalue weighted by molar-refractivity contribution is -0.141. The van der Waals surface area contributed by atoms with Crippen LogP contribution in [0, 0.1) is 11.8 Å². The number of fused-ring (bicyclic) bond motifs is 3. The Kier molecular flexibility index (Phi) is 8.06. The van der Waals surface area contributed by atoms with E-state index in [1.54, 1.807) is 4.90 Å². The standard InChI is InChI=1S/C28H34N2O5/c1-2-19(14-26(31)30-13-7-8-20(17-30)15-27(32)33)16-29-28(34)35-18-25-23-11-5-3-9-21(23)22-10-4-6-12-24(22)25/h3-6,9-12,19-20,25H,2,7-8,13-18H2,1H3,(H,29,34)(H,32,33). The fourth-order valence-corrected chi connectivity index (χ4v) is 5.32. The maximum atomic E-state index is 12.8. The molecule has 2 aromatic rings. The molecule has 1 aliphatic carbocycles. The van der Waals surface area contributed by atoms with Gasteiger partial charge in [0.1, 0.15) is 6.61 Å². The lowest BCUT2D eigenvalue weighted by Gasteiger charge is -2.33. The van der Waals surface area contributed by atoms with Crippen molar-refractivity contribution in [3.63, 3.8) is 0 Å². The van der Waals surface area contributed by atoms with Crippen LogP contribution in [0.2, 0.25) is 0 Å². The summed E-state index contributed by atoms with van der Waals surface area (Å²) in [4.78, 5) is 38.1. The molecular formula is C28H34N2O5. The summed E-state index contributed by atoms with van der Waals surface area (Å²) in [5.74, 6) is -0.758. The third kappa shape index (κ3) is 6.02. The van der Waals surface area contributed by atoms with Crippen LogP contribution in [0.5, 0.6) is 0 Å². The molecule has 0 radical (unpaired) electrons. The fourth-order valence-electron chi connectivity index (χ4n) is 5.32. The van der Waals surface area contributed by atoms with Crippen molar-refractivity contribution in [2.24, 2.45) is 11.8 Å². The summed E-state index contributed by atoms with van der Waals surface area (Å²) in [6.07, 6.45) is 2.39. The average molecular weight is 479 g/mol. The van der Waals surface area contributed by atoms with Gasteiger partial charge in [-0.25, -0.2) is 4.79 Å². The first-order valence-electron chi connectivity index (χ1n) is 12.5. The Labute approximate surface area is 206 Å². The van der Waals surface area contributed by atoms with Crippen LogP contribution in [-0.4, -0.2) is 54.2 Å². The third-order valence-electron chi connectivity index (χ3n) is 7.25. The van der Waals surface area contributed by atoms with Crippen LogP contribution < -0.4 is 5.32 Å². The van der Waals surface area contributed by atoms with Crippen molar-refractivity contribution < 1.29 is 24.2 Å². The zero-order valence-electron chi connectivity index (χ0n) is 20.2. The summed E-state index contributed by atoms with van der Waals surface area (Å²) in [7, 11) is 0. The quantitative estimate of drug-likeness (QED) is 0.547. The molecule has 2 aliphatic rings. The average Bonchev–Trinajstić information content (AvgIpc) is 3.18. The lowest BCUT2D eigenvalue weighted by Crippen LogP contribution is -2.42. The number of carboxylic acids is 1. The van der Waals surface area contributed by atoms with Crippen molar-refractivity contribution >= 4 is 18.0 Å². The van der Waals surface area contributed by atoms with Gasteiger partial charge in [0, 0.05) is 38.4 Å². The van der Waals surface area contributed by atoms with Crippen molar-refractivity contribution in [2.45, 2.75) is 44.9 Å². The predicted molar refractivity (Wildman–Crippen MR) is 133 cm³/mol. The van der Waals surface area contributed by atoms with E-state index in [0.717, 1.165) is 19.3 Å². The number of ether oxygens (including phenoxy) is 1. The number of aliphatic carboxylic acids is 1. The van der Waals surface area contributed by atoms with Crippen molar-refractivity contribution in [2.75, 3.05) is 26.2 Å². The Balaban J connectivity index is 1.26. The zero-order valence-corrected chi connectivity index (χ0v) is 20.2. The number of amides is 2. The predicted octanol–water partition coefficient (Wildman–Crippen LogP) is 4.65. The Morgan fingerprint density at radius 2 is 1.74 bits per heavy atom. The molecular weight excluding hydrogens is 444 g/mol. The van der Waals surface area contributed by atoms with Gasteiger partial charge in [0.05, 0.1) is 0 Å². The second-order valence-corrected chi connectivity index (χ2v) is 9.63. The number of likely N-dealkylation sites (tertiary alicyclic amines) is 1. The van der Waals surface area contributed by atoms with E-state index in [0.29, 0.717) is 26.1 Å². The van der Waals surface area contributed by atoms with Gasteiger partial charge in [-0.3, -0.25) is 9.59 Å². The lowest BCUT2D eigenvalue weighted by atomic mass is 9.93. The number of alkyl carbamates (subject to hydrolysis) is 1. The first-order valence-corrected chi connectivity index (χ1v) is 12.5. The number of hydrogen-bond acceptors (Lipinski definition) is 4. The molecule has 2 atom stereocenters. The number of piperidine rings is 1. The monoisotopic (exact) mass is 478 g/mol. The number of carbonyl (C=O) groups excluding carboxylic acids is 2. The van der Waals surface area contributed by atoms with Crippen molar-refractivity contribution in [3.8, 4) is 11.1 Å². The molecule has 4 rings (SSSR count). The largest absolute Gasteiger partial charge is 0.481 e. The second-order valence-electron chi connectivity index (χ2n) is 9.63. The molecule has 1 heterocycles. The molecule has 186 valence electrons. The molecule has 0 bridgehead atoms. The first-order chi connectivity index (χ1) is 17.0. The molecule has 7 heteroatoms. The van der Waals surface area contributed by atoms with Crippen molar-refractivity contribution in [3.05, 3.63) is 59.7 Å². The van der Waals surface area contributed by atoms with Crippen LogP contribution in [0.4, 0.5) is 4.79 Å². The molecule has 1 saturated heterocycles. The maximum absolute atomic E-state index is 12.8. The minimum absolute atomic E-state index is 0.00262. The van der Waals surface area contributed by atoms with E-state index in [1.165, 1.54) is 22.3 Å². The highest BCUT2D eigenvalue weighted by molar-refractivity contribution is 5.79. The van der Waals surface area contributed by atoms with Gasteiger partial charge in [-0.15, -0.1) is 0 Å². The van der Waals surface area contributed by atoms with Gasteiger partial charge >= 0.3 is 12.1 Å². The molecule has 0 spiro atoms. The Hall–Kier alpha value is -3.35. The number of nitrogens with zero attached hydrogens (tertiary/aromatic N) is 1. The highest BCUT2D eigenvalue weighted by Gasteiger charge is 2.29. The van der Waals surface area contributed by atoms with E-state index in [2.05, 4.69) is 29.6 Å². The maximum Gasteiger partial charge on any atom is 0.407 e. The molecule has 2 N–H and O–H groups in total. The van der Waals surface area contributed by atoms with Crippen molar-refractivity contribution in [1.29, 1.82) is 0 Å². The fraction of sp³-hybridized carbons (Fsp3) is 0.464. The van der Waals surface area contributed by atoms with Gasteiger partial charge in [0.25, 0.3) is 0 Å². The van der Waals surface area contributed by atoms with Gasteiger partial charge in [-0.1, -0.05) is 61.9 Å². The molecule has 2 amide bonds. The van der Waals surface area contributed by atoms with Gasteiger partial charge in [-0.05, 0) is 46.9 Å². The van der Waals surface area contributed by atoms with Crippen LogP contribution in [-0.2, 0) is 14.3 Å². The van der Waals surface area contributed by atoms with Gasteiger partial charge in [0.2, 0.25) is 5.91 Å². The minimum atomic E-state index is -0.817. The Morgan fingerprint density at radius 3 is 2.37 bits per heavy atom. The molecule has 2 aromatic carbocycles. The first kappa shape index (κ1) is 24.8. The molecule has 7 nitrogen and oxygen atoms in total. The molecule has 0 aromatic heterocycles. The summed E-state index contributed by atoms with van der Waals surface area (Å²) in [6.45, 7) is 3.80. The van der Waals surface area contributed by atoms with Gasteiger partial charge in [-0.2, -0.15) is 0 Å².